The zero-order valence-electron chi connectivity index (χ0n) is 25.0. The molecule has 19 heteroatoms. The predicted octanol–water partition coefficient (Wildman–Crippen LogP) is 4.76. The third-order valence-electron chi connectivity index (χ3n) is 6.56. The highest BCUT2D eigenvalue weighted by Gasteiger charge is 2.38. The van der Waals surface area contributed by atoms with Gasteiger partial charge in [-0.2, -0.15) is 31.4 Å². The fourth-order valence-corrected chi connectivity index (χ4v) is 4.82. The fraction of sp³-hybridized carbons (Fsp3) is 0.577. The lowest BCUT2D eigenvalue weighted by Crippen LogP contribution is -2.36. The summed E-state index contributed by atoms with van der Waals surface area (Å²) in [4.78, 5) is 38.7. The van der Waals surface area contributed by atoms with Crippen LogP contribution in [0.15, 0.2) is 34.8 Å². The first kappa shape index (κ1) is 35.9. The number of alkyl halides is 6. The summed E-state index contributed by atoms with van der Waals surface area (Å²) in [7, 11) is -1.45. The van der Waals surface area contributed by atoms with Gasteiger partial charge in [0, 0.05) is 46.2 Å². The van der Waals surface area contributed by atoms with E-state index in [0.717, 1.165) is 12.2 Å². The average Bonchev–Trinajstić information content (AvgIpc) is 2.94. The second-order valence-electron chi connectivity index (χ2n) is 11.5. The largest absolute Gasteiger partial charge is 0.423 e. The maximum Gasteiger partial charge on any atom is 0.423 e. The Labute approximate surface area is 254 Å². The van der Waals surface area contributed by atoms with E-state index in [2.05, 4.69) is 40.0 Å². The Kier molecular flexibility index (Phi) is 11.7. The molecule has 2 N–H and O–H groups in total. The molecule has 0 aliphatic carbocycles. The average molecular weight is 670 g/mol. The number of nitrogens with zero attached hydrogens (tertiary/aromatic N) is 5. The Morgan fingerprint density at radius 1 is 1.04 bits per heavy atom. The number of carbonyl (C=O) groups excluding carboxylic acids is 1. The van der Waals surface area contributed by atoms with E-state index in [-0.39, 0.29) is 44.1 Å². The minimum absolute atomic E-state index is 0.0312. The van der Waals surface area contributed by atoms with Crippen molar-refractivity contribution in [3.8, 4) is 0 Å². The van der Waals surface area contributed by atoms with E-state index < -0.39 is 73.9 Å². The molecule has 45 heavy (non-hydrogen) atoms. The topological polar surface area (TPSA) is 124 Å². The first-order valence-electron chi connectivity index (χ1n) is 13.8. The third kappa shape index (κ3) is 10.5. The predicted molar refractivity (Wildman–Crippen MR) is 151 cm³/mol. The third-order valence-corrected chi connectivity index (χ3v) is 8.27. The molecule has 3 rings (SSSR count). The molecule has 2 aromatic heterocycles. The normalized spacial score (nSPS) is 15.2. The van der Waals surface area contributed by atoms with Gasteiger partial charge in [-0.25, -0.2) is 24.5 Å². The van der Waals surface area contributed by atoms with E-state index in [1.165, 1.54) is 6.92 Å². The van der Waals surface area contributed by atoms with Crippen molar-refractivity contribution < 1.29 is 45.1 Å². The second-order valence-corrected chi connectivity index (χ2v) is 17.2. The summed E-state index contributed by atoms with van der Waals surface area (Å²) in [6.07, 6.45) is -7.34. The minimum Gasteiger partial charge on any atom is -0.378 e. The first-order valence-corrected chi connectivity index (χ1v) is 17.5. The second kappa shape index (κ2) is 14.7. The highest BCUT2D eigenvalue weighted by molar-refractivity contribution is 6.76. The van der Waals surface area contributed by atoms with Gasteiger partial charge in [0.15, 0.2) is 5.83 Å². The molecule has 11 nitrogen and oxygen atoms in total. The van der Waals surface area contributed by atoms with Crippen LogP contribution < -0.4 is 21.3 Å². The lowest BCUT2D eigenvalue weighted by Gasteiger charge is -2.28. The zero-order valence-corrected chi connectivity index (χ0v) is 26.0. The molecule has 1 fully saturated rings. The maximum absolute atomic E-state index is 14.7. The number of hydroxylamine groups is 1. The number of amides is 1. The van der Waals surface area contributed by atoms with Crippen molar-refractivity contribution in [1.29, 1.82) is 0 Å². The van der Waals surface area contributed by atoms with Crippen LogP contribution in [-0.4, -0.2) is 66.1 Å². The number of nitrogens with one attached hydrogen (secondary N) is 2. The van der Waals surface area contributed by atoms with E-state index in [0.29, 0.717) is 17.1 Å². The number of anilines is 2. The van der Waals surface area contributed by atoms with Crippen molar-refractivity contribution in [2.45, 2.75) is 70.6 Å². The van der Waals surface area contributed by atoms with E-state index >= 15 is 0 Å². The van der Waals surface area contributed by atoms with E-state index in [4.69, 9.17) is 9.57 Å². The van der Waals surface area contributed by atoms with Gasteiger partial charge in [-0.1, -0.05) is 19.6 Å². The molecule has 0 bridgehead atoms. The quantitative estimate of drug-likeness (QED) is 0.108. The van der Waals surface area contributed by atoms with Crippen LogP contribution in [0.5, 0.6) is 0 Å². The Morgan fingerprint density at radius 2 is 1.67 bits per heavy atom. The van der Waals surface area contributed by atoms with Crippen LogP contribution in [0, 0.1) is 0 Å². The van der Waals surface area contributed by atoms with Crippen LogP contribution in [0.3, 0.4) is 0 Å². The van der Waals surface area contributed by atoms with Crippen molar-refractivity contribution in [1.82, 2.24) is 25.2 Å². The number of aromatic nitrogens is 4. The van der Waals surface area contributed by atoms with Gasteiger partial charge in [0.2, 0.25) is 5.95 Å². The lowest BCUT2D eigenvalue weighted by atomic mass is 10.0. The monoisotopic (exact) mass is 669 g/mol. The molecule has 2 aromatic rings. The van der Waals surface area contributed by atoms with Crippen LogP contribution in [0.1, 0.15) is 30.9 Å². The van der Waals surface area contributed by atoms with E-state index in [1.807, 2.05) is 5.48 Å². The smallest absolute Gasteiger partial charge is 0.378 e. The summed E-state index contributed by atoms with van der Waals surface area (Å²) in [6, 6.07) is -0.137. The van der Waals surface area contributed by atoms with Gasteiger partial charge in [0.1, 0.15) is 12.3 Å². The van der Waals surface area contributed by atoms with Crippen LogP contribution >= 0.6 is 0 Å². The van der Waals surface area contributed by atoms with Gasteiger partial charge >= 0.3 is 18.3 Å². The van der Waals surface area contributed by atoms with Crippen molar-refractivity contribution in [2.24, 2.45) is 0 Å². The van der Waals surface area contributed by atoms with Gasteiger partial charge in [0.25, 0.3) is 5.56 Å². The minimum atomic E-state index is -5.01. The summed E-state index contributed by atoms with van der Waals surface area (Å²) in [6.45, 7) is 7.42. The number of carbonyl (C=O) groups is 1. The Morgan fingerprint density at radius 3 is 2.22 bits per heavy atom. The van der Waals surface area contributed by atoms with Crippen LogP contribution in [0.25, 0.3) is 0 Å². The highest BCUT2D eigenvalue weighted by atomic mass is 28.3. The van der Waals surface area contributed by atoms with Crippen molar-refractivity contribution in [2.75, 3.05) is 36.5 Å². The Bertz CT molecular complexity index is 1400. The van der Waals surface area contributed by atoms with Gasteiger partial charge in [-0.15, -0.1) is 0 Å². The first-order chi connectivity index (χ1) is 20.9. The highest BCUT2D eigenvalue weighted by Crippen LogP contribution is 2.32. The van der Waals surface area contributed by atoms with Crippen LogP contribution in [0.2, 0.25) is 25.7 Å². The number of ether oxygens (including phenoxy) is 1. The lowest BCUT2D eigenvalue weighted by molar-refractivity contribution is -0.139. The Hall–Kier alpha value is -3.58. The summed E-state index contributed by atoms with van der Waals surface area (Å²) >= 11 is 0. The molecule has 0 saturated carbocycles. The number of piperidine rings is 1. The molecule has 0 spiro atoms. The maximum atomic E-state index is 14.7. The zero-order chi connectivity index (χ0) is 33.6. The molecule has 1 amide bonds. The van der Waals surface area contributed by atoms with Gasteiger partial charge in [0.05, 0.1) is 24.1 Å². The summed E-state index contributed by atoms with van der Waals surface area (Å²) in [5, 5.41) is 6.24. The van der Waals surface area contributed by atoms with Crippen molar-refractivity contribution in [3.63, 3.8) is 0 Å². The molecule has 1 aliphatic heterocycles. The molecular weight excluding hydrogens is 635 g/mol. The van der Waals surface area contributed by atoms with Gasteiger partial charge in [-0.3, -0.25) is 14.4 Å². The number of rotatable bonds is 12. The molecule has 0 radical (unpaired) electrons. The standard InChI is InChI=1S/C26H34F7N7O4Si/c1-16(37-19-13-36-40(15-43-9-10-45(2,3)4)23(42)20(19)26(31,32)33)14-44-38-22(41)21(27)17-5-7-39(8-6-17)24-34-11-18(12-35-24)25(28,29)30/h11-13,16,37H,5-10,14-15H2,1-4H3,(H,38,41). The molecule has 1 atom stereocenters. The van der Waals surface area contributed by atoms with Crippen molar-refractivity contribution >= 4 is 25.6 Å². The SMILES string of the molecule is CC(CONC(=O)C(F)=C1CCN(c2ncc(C(F)(F)F)cn2)CC1)Nc1cnn(COCC[Si](C)(C)C)c(=O)c1C(F)(F)F. The number of halogens is 7. The molecule has 1 saturated heterocycles. The number of hydrogen-bond donors (Lipinski definition) is 2. The molecule has 250 valence electrons. The van der Waals surface area contributed by atoms with E-state index in [1.54, 1.807) is 4.90 Å². The van der Waals surface area contributed by atoms with Crippen molar-refractivity contribution in [3.05, 3.63) is 51.5 Å². The van der Waals surface area contributed by atoms with Crippen LogP contribution in [0.4, 0.5) is 42.4 Å². The fourth-order valence-electron chi connectivity index (χ4n) is 4.07. The summed E-state index contributed by atoms with van der Waals surface area (Å²) in [5.41, 5.74) is -2.46. The summed E-state index contributed by atoms with van der Waals surface area (Å²) < 4.78 is 100. The molecular formula is C26H34F7N7O4Si. The molecule has 1 aliphatic rings. The Balaban J connectivity index is 1.52. The van der Waals surface area contributed by atoms with Gasteiger partial charge in [-0.05, 0) is 31.4 Å². The molecule has 0 aromatic carbocycles. The van der Waals surface area contributed by atoms with Crippen LogP contribution in [-0.2, 0) is 33.5 Å². The van der Waals surface area contributed by atoms with E-state index in [9.17, 15) is 40.3 Å². The number of hydrogen-bond acceptors (Lipinski definition) is 9. The molecule has 3 heterocycles. The molecule has 1 unspecified atom stereocenters. The summed E-state index contributed by atoms with van der Waals surface area (Å²) in [5.74, 6) is -2.31. The van der Waals surface area contributed by atoms with Gasteiger partial charge < -0.3 is 15.0 Å².